The van der Waals surface area contributed by atoms with Gasteiger partial charge in [0.25, 0.3) is 0 Å². The number of nitrogens with one attached hydrogen (secondary N) is 1. The molecule has 118 valence electrons. The number of amides is 2. The lowest BCUT2D eigenvalue weighted by atomic mass is 9.74. The van der Waals surface area contributed by atoms with Gasteiger partial charge < -0.3 is 0 Å². The van der Waals surface area contributed by atoms with Crippen LogP contribution in [0.1, 0.15) is 77.6 Å². The molecule has 3 aliphatic rings. The van der Waals surface area contributed by atoms with Crippen LogP contribution in [0.25, 0.3) is 0 Å². The van der Waals surface area contributed by atoms with Gasteiger partial charge in [0.15, 0.2) is 0 Å². The maximum atomic E-state index is 12.7. The molecular weight excluding hydrogens is 264 g/mol. The second-order valence-corrected chi connectivity index (χ2v) is 7.14. The Bertz CT molecular complexity index is 404. The van der Waals surface area contributed by atoms with Gasteiger partial charge in [-0.05, 0) is 38.5 Å². The van der Waals surface area contributed by atoms with Crippen LogP contribution in [-0.2, 0) is 9.59 Å². The summed E-state index contributed by atoms with van der Waals surface area (Å²) in [5.41, 5.74) is 0.125. The molecule has 1 N–H and O–H groups in total. The van der Waals surface area contributed by atoms with Crippen LogP contribution in [-0.4, -0.2) is 34.3 Å². The van der Waals surface area contributed by atoms with Gasteiger partial charge in [-0.3, -0.25) is 19.8 Å². The molecule has 0 aromatic heterocycles. The van der Waals surface area contributed by atoms with Gasteiger partial charge in [-0.1, -0.05) is 32.6 Å². The van der Waals surface area contributed by atoms with E-state index in [1.807, 2.05) is 0 Å². The van der Waals surface area contributed by atoms with Crippen LogP contribution in [0, 0.1) is 0 Å². The lowest BCUT2D eigenvalue weighted by Gasteiger charge is -2.43. The number of carbonyl (C=O) groups excluding carboxylic acids is 2. The summed E-state index contributed by atoms with van der Waals surface area (Å²) in [4.78, 5) is 26.7. The molecule has 3 rings (SSSR count). The van der Waals surface area contributed by atoms with Crippen LogP contribution in [0.5, 0.6) is 0 Å². The second-order valence-electron chi connectivity index (χ2n) is 7.14. The van der Waals surface area contributed by atoms with Crippen molar-refractivity contribution in [2.75, 3.05) is 0 Å². The summed E-state index contributed by atoms with van der Waals surface area (Å²) in [6.45, 7) is 2.18. The molecule has 4 heteroatoms. The van der Waals surface area contributed by atoms with E-state index in [4.69, 9.17) is 0 Å². The maximum absolute atomic E-state index is 12.7. The van der Waals surface area contributed by atoms with Crippen molar-refractivity contribution in [2.45, 2.75) is 95.2 Å². The number of likely N-dealkylation sites (tertiary alicyclic amines) is 1. The molecule has 2 amide bonds. The summed E-state index contributed by atoms with van der Waals surface area (Å²) >= 11 is 0. The van der Waals surface area contributed by atoms with Crippen molar-refractivity contribution >= 4 is 11.8 Å². The average molecular weight is 292 g/mol. The highest BCUT2D eigenvalue weighted by atomic mass is 16.2. The van der Waals surface area contributed by atoms with E-state index < -0.39 is 0 Å². The van der Waals surface area contributed by atoms with Gasteiger partial charge in [0.2, 0.25) is 11.8 Å². The van der Waals surface area contributed by atoms with Gasteiger partial charge in [-0.15, -0.1) is 0 Å². The first-order valence-corrected chi connectivity index (χ1v) is 8.79. The topological polar surface area (TPSA) is 49.4 Å². The minimum atomic E-state index is -0.263. The minimum absolute atomic E-state index is 0.0478. The molecule has 1 atom stereocenters. The van der Waals surface area contributed by atoms with E-state index >= 15 is 0 Å². The van der Waals surface area contributed by atoms with Gasteiger partial charge in [-0.25, -0.2) is 0 Å². The van der Waals surface area contributed by atoms with Crippen molar-refractivity contribution in [3.8, 4) is 0 Å². The number of carbonyl (C=O) groups is 2. The molecule has 0 spiro atoms. The average Bonchev–Trinajstić information content (AvgIpc) is 2.62. The van der Waals surface area contributed by atoms with E-state index in [2.05, 4.69) is 12.2 Å². The number of imide groups is 1. The molecule has 0 aromatic rings. The zero-order chi connectivity index (χ0) is 14.9. The fourth-order valence-corrected chi connectivity index (χ4v) is 4.24. The summed E-state index contributed by atoms with van der Waals surface area (Å²) in [7, 11) is 0. The van der Waals surface area contributed by atoms with Gasteiger partial charge in [0, 0.05) is 11.6 Å². The van der Waals surface area contributed by atoms with Gasteiger partial charge in [0.1, 0.15) is 0 Å². The van der Waals surface area contributed by atoms with Crippen molar-refractivity contribution in [1.29, 1.82) is 0 Å². The highest BCUT2D eigenvalue weighted by Crippen LogP contribution is 2.36. The Balaban J connectivity index is 1.66. The summed E-state index contributed by atoms with van der Waals surface area (Å²) in [5.74, 6) is 0.0987. The molecule has 1 aliphatic heterocycles. The first-order chi connectivity index (χ1) is 10.2. The highest BCUT2D eigenvalue weighted by Gasteiger charge is 2.46. The number of rotatable bonds is 4. The number of hydrogen-bond acceptors (Lipinski definition) is 3. The highest BCUT2D eigenvalue weighted by molar-refractivity contribution is 6.05. The Hall–Kier alpha value is -0.900. The summed E-state index contributed by atoms with van der Waals surface area (Å²) < 4.78 is 0. The monoisotopic (exact) mass is 292 g/mol. The van der Waals surface area contributed by atoms with E-state index in [1.165, 1.54) is 19.3 Å². The van der Waals surface area contributed by atoms with Gasteiger partial charge in [-0.2, -0.15) is 0 Å². The molecule has 1 saturated heterocycles. The summed E-state index contributed by atoms with van der Waals surface area (Å²) in [6, 6.07) is -0.0979. The Labute approximate surface area is 127 Å². The third-order valence-electron chi connectivity index (χ3n) is 5.84. The van der Waals surface area contributed by atoms with Crippen LogP contribution in [0.15, 0.2) is 0 Å². The molecule has 2 aliphatic carbocycles. The maximum Gasteiger partial charge on any atom is 0.247 e. The molecule has 1 unspecified atom stereocenters. The molecule has 3 fully saturated rings. The zero-order valence-electron chi connectivity index (χ0n) is 13.2. The fraction of sp³-hybridized carbons (Fsp3) is 0.882. The predicted octanol–water partition coefficient (Wildman–Crippen LogP) is 2.76. The van der Waals surface area contributed by atoms with Crippen molar-refractivity contribution in [3.63, 3.8) is 0 Å². The van der Waals surface area contributed by atoms with Crippen LogP contribution < -0.4 is 5.32 Å². The van der Waals surface area contributed by atoms with Crippen molar-refractivity contribution in [1.82, 2.24) is 10.2 Å². The van der Waals surface area contributed by atoms with Crippen LogP contribution in [0.2, 0.25) is 0 Å². The van der Waals surface area contributed by atoms with Gasteiger partial charge in [0.05, 0.1) is 12.5 Å². The number of nitrogens with zero attached hydrogens (tertiary/aromatic N) is 1. The Kier molecular flexibility index (Phi) is 4.34. The summed E-state index contributed by atoms with van der Waals surface area (Å²) in [5, 5.41) is 3.53. The quantitative estimate of drug-likeness (QED) is 0.640. The largest absolute Gasteiger partial charge is 0.300 e. The molecular formula is C17H28N2O2. The SMILES string of the molecule is CCC1(NC2CC(=O)N(C3CCCCCC3)C2=O)CCC1. The molecule has 2 saturated carbocycles. The lowest BCUT2D eigenvalue weighted by Crippen LogP contribution is -2.57. The van der Waals surface area contributed by atoms with E-state index in [9.17, 15) is 9.59 Å². The molecule has 4 nitrogen and oxygen atoms in total. The lowest BCUT2D eigenvalue weighted by molar-refractivity contribution is -0.142. The molecule has 0 radical (unpaired) electrons. The van der Waals surface area contributed by atoms with Crippen LogP contribution >= 0.6 is 0 Å². The third kappa shape index (κ3) is 2.87. The summed E-state index contributed by atoms with van der Waals surface area (Å²) in [6.07, 6.45) is 11.7. The Morgan fingerprint density at radius 1 is 1.10 bits per heavy atom. The van der Waals surface area contributed by atoms with Crippen molar-refractivity contribution < 1.29 is 9.59 Å². The van der Waals surface area contributed by atoms with E-state index in [1.54, 1.807) is 4.90 Å². The second kappa shape index (κ2) is 6.07. The van der Waals surface area contributed by atoms with Crippen LogP contribution in [0.4, 0.5) is 0 Å². The predicted molar refractivity (Wildman–Crippen MR) is 81.8 cm³/mol. The normalized spacial score (nSPS) is 30.3. The molecule has 0 bridgehead atoms. The molecule has 0 aromatic carbocycles. The zero-order valence-corrected chi connectivity index (χ0v) is 13.2. The molecule has 1 heterocycles. The number of hydrogen-bond donors (Lipinski definition) is 1. The molecule has 21 heavy (non-hydrogen) atoms. The first-order valence-electron chi connectivity index (χ1n) is 8.79. The minimum Gasteiger partial charge on any atom is -0.300 e. The Morgan fingerprint density at radius 3 is 2.29 bits per heavy atom. The van der Waals surface area contributed by atoms with E-state index in [0.29, 0.717) is 6.42 Å². The smallest absolute Gasteiger partial charge is 0.247 e. The standard InChI is InChI=1S/C17H28N2O2/c1-2-17(10-7-11-17)18-14-12-15(20)19(16(14)21)13-8-5-3-4-6-9-13/h13-14,18H,2-12H2,1H3. The van der Waals surface area contributed by atoms with Gasteiger partial charge >= 0.3 is 0 Å². The van der Waals surface area contributed by atoms with Crippen LogP contribution in [0.3, 0.4) is 0 Å². The van der Waals surface area contributed by atoms with E-state index in [-0.39, 0.29) is 29.4 Å². The fourth-order valence-electron chi connectivity index (χ4n) is 4.24. The van der Waals surface area contributed by atoms with Crippen molar-refractivity contribution in [3.05, 3.63) is 0 Å². The Morgan fingerprint density at radius 2 is 1.76 bits per heavy atom. The van der Waals surface area contributed by atoms with Crippen molar-refractivity contribution in [2.24, 2.45) is 0 Å². The van der Waals surface area contributed by atoms with E-state index in [0.717, 1.165) is 44.9 Å². The third-order valence-corrected chi connectivity index (χ3v) is 5.84. The first kappa shape index (κ1) is 15.0.